The summed E-state index contributed by atoms with van der Waals surface area (Å²) in [5.41, 5.74) is 0. The number of carbonyl (C=O) groups is 5. The van der Waals surface area contributed by atoms with Crippen molar-refractivity contribution >= 4 is 29.6 Å². The van der Waals surface area contributed by atoms with E-state index in [1.165, 1.54) is 18.6 Å². The van der Waals surface area contributed by atoms with E-state index in [0.29, 0.717) is 25.8 Å². The van der Waals surface area contributed by atoms with E-state index in [0.717, 1.165) is 4.90 Å². The molecule has 3 N–H and O–H groups in total. The van der Waals surface area contributed by atoms with Crippen LogP contribution < -0.4 is 10.6 Å². The first-order valence-electron chi connectivity index (χ1n) is 9.96. The van der Waals surface area contributed by atoms with Crippen LogP contribution in [0.25, 0.3) is 0 Å². The predicted octanol–water partition coefficient (Wildman–Crippen LogP) is 1.23. The molecule has 0 aromatic carbocycles. The fraction of sp³-hybridized carbons (Fsp3) is 0.650. The summed E-state index contributed by atoms with van der Waals surface area (Å²) in [5.74, 6) is -2.90. The van der Waals surface area contributed by atoms with Crippen LogP contribution >= 0.6 is 0 Å². The minimum atomic E-state index is -1.12. The Bertz CT molecular complexity index is 597. The molecule has 0 bridgehead atoms. The van der Waals surface area contributed by atoms with E-state index in [2.05, 4.69) is 24.5 Å². The number of amides is 4. The Balaban J connectivity index is 0.00000245. The number of carboxylic acid groups (broad SMARTS) is 1. The molecule has 1 unspecified atom stereocenters. The molecule has 0 aromatic rings. The molecule has 0 spiro atoms. The van der Waals surface area contributed by atoms with Crippen LogP contribution in [0.1, 0.15) is 59.8 Å². The zero-order valence-corrected chi connectivity index (χ0v) is 17.7. The van der Waals surface area contributed by atoms with E-state index in [-0.39, 0.29) is 36.6 Å². The number of hydrogen-bond acceptors (Lipinski definition) is 5. The SMILES string of the molecule is CC(C)C(NC(=O)CNC(=O)CCCCCN1C(=O)C=CC1=O)C(=O)O.CCC. The normalized spacial score (nSPS) is 13.8. The summed E-state index contributed by atoms with van der Waals surface area (Å²) in [5, 5.41) is 13.8. The molecule has 9 heteroatoms. The van der Waals surface area contributed by atoms with Crippen molar-refractivity contribution in [1.29, 1.82) is 0 Å². The molecule has 164 valence electrons. The summed E-state index contributed by atoms with van der Waals surface area (Å²) >= 11 is 0. The van der Waals surface area contributed by atoms with Crippen molar-refractivity contribution in [3.05, 3.63) is 12.2 Å². The van der Waals surface area contributed by atoms with Gasteiger partial charge in [0.2, 0.25) is 11.8 Å². The van der Waals surface area contributed by atoms with Crippen molar-refractivity contribution in [3.8, 4) is 0 Å². The minimum absolute atomic E-state index is 0.208. The van der Waals surface area contributed by atoms with Gasteiger partial charge in [-0.3, -0.25) is 24.1 Å². The maximum absolute atomic E-state index is 11.7. The highest BCUT2D eigenvalue weighted by atomic mass is 16.4. The molecule has 4 amide bonds. The first kappa shape index (κ1) is 26.3. The molecule has 1 atom stereocenters. The number of unbranched alkanes of at least 4 members (excludes halogenated alkanes) is 2. The summed E-state index contributed by atoms with van der Waals surface area (Å²) < 4.78 is 0. The first-order chi connectivity index (χ1) is 13.6. The summed E-state index contributed by atoms with van der Waals surface area (Å²) in [6.45, 7) is 7.65. The Kier molecular flexibility index (Phi) is 13.0. The molecule has 0 fully saturated rings. The molecule has 1 aliphatic heterocycles. The lowest BCUT2D eigenvalue weighted by molar-refractivity contribution is -0.143. The average Bonchev–Trinajstić information content (AvgIpc) is 2.96. The van der Waals surface area contributed by atoms with Crippen LogP contribution in [0, 0.1) is 5.92 Å². The third kappa shape index (κ3) is 11.0. The Labute approximate surface area is 171 Å². The molecule has 0 radical (unpaired) electrons. The topological polar surface area (TPSA) is 133 Å². The first-order valence-corrected chi connectivity index (χ1v) is 9.96. The van der Waals surface area contributed by atoms with E-state index in [4.69, 9.17) is 5.11 Å². The summed E-state index contributed by atoms with van der Waals surface area (Å²) in [7, 11) is 0. The van der Waals surface area contributed by atoms with Crippen LogP contribution in [0.4, 0.5) is 0 Å². The van der Waals surface area contributed by atoms with Crippen molar-refractivity contribution in [2.24, 2.45) is 5.92 Å². The number of nitrogens with one attached hydrogen (secondary N) is 2. The molecule has 29 heavy (non-hydrogen) atoms. The molecule has 9 nitrogen and oxygen atoms in total. The van der Waals surface area contributed by atoms with Gasteiger partial charge in [0.15, 0.2) is 0 Å². The maximum Gasteiger partial charge on any atom is 0.326 e. The van der Waals surface area contributed by atoms with Crippen molar-refractivity contribution in [1.82, 2.24) is 15.5 Å². The van der Waals surface area contributed by atoms with Crippen molar-refractivity contribution in [2.75, 3.05) is 13.1 Å². The van der Waals surface area contributed by atoms with Crippen LogP contribution in [-0.2, 0) is 24.0 Å². The van der Waals surface area contributed by atoms with E-state index in [1.807, 2.05) is 0 Å². The second kappa shape index (κ2) is 14.3. The Morgan fingerprint density at radius 3 is 2.03 bits per heavy atom. The van der Waals surface area contributed by atoms with Crippen molar-refractivity contribution in [3.63, 3.8) is 0 Å². The smallest absolute Gasteiger partial charge is 0.326 e. The molecule has 1 heterocycles. The lowest BCUT2D eigenvalue weighted by atomic mass is 10.1. The molecule has 0 aliphatic carbocycles. The number of rotatable bonds is 11. The number of nitrogens with zero attached hydrogens (tertiary/aromatic N) is 1. The molecular weight excluding hydrogens is 378 g/mol. The van der Waals surface area contributed by atoms with Crippen LogP contribution in [0.3, 0.4) is 0 Å². The second-order valence-electron chi connectivity index (χ2n) is 7.08. The molecule has 1 rings (SSSR count). The van der Waals surface area contributed by atoms with Gasteiger partial charge < -0.3 is 15.7 Å². The maximum atomic E-state index is 11.7. The number of hydrogen-bond donors (Lipinski definition) is 3. The van der Waals surface area contributed by atoms with Gasteiger partial charge in [0.05, 0.1) is 6.54 Å². The number of imide groups is 1. The van der Waals surface area contributed by atoms with Gasteiger partial charge >= 0.3 is 5.97 Å². The molecule has 0 saturated carbocycles. The van der Waals surface area contributed by atoms with Gasteiger partial charge in [0.1, 0.15) is 6.04 Å². The van der Waals surface area contributed by atoms with Crippen LogP contribution in [0.2, 0.25) is 0 Å². The minimum Gasteiger partial charge on any atom is -0.480 e. The van der Waals surface area contributed by atoms with Gasteiger partial charge in [-0.1, -0.05) is 40.5 Å². The zero-order chi connectivity index (χ0) is 22.4. The van der Waals surface area contributed by atoms with E-state index >= 15 is 0 Å². The van der Waals surface area contributed by atoms with Crippen LogP contribution in [0.15, 0.2) is 12.2 Å². The number of carbonyl (C=O) groups excluding carboxylic acids is 4. The highest BCUT2D eigenvalue weighted by Gasteiger charge is 2.23. The highest BCUT2D eigenvalue weighted by molar-refractivity contribution is 6.12. The molecular formula is C20H33N3O6. The summed E-state index contributed by atoms with van der Waals surface area (Å²) in [6, 6.07) is -0.995. The Morgan fingerprint density at radius 1 is 1.00 bits per heavy atom. The monoisotopic (exact) mass is 411 g/mol. The molecule has 0 aromatic heterocycles. The quantitative estimate of drug-likeness (QED) is 0.346. The van der Waals surface area contributed by atoms with Gasteiger partial charge in [-0.15, -0.1) is 0 Å². The molecule has 0 saturated heterocycles. The average molecular weight is 411 g/mol. The number of aliphatic carboxylic acids is 1. The van der Waals surface area contributed by atoms with Gasteiger partial charge in [-0.05, 0) is 18.8 Å². The van der Waals surface area contributed by atoms with Gasteiger partial charge in [0.25, 0.3) is 11.8 Å². The second-order valence-corrected chi connectivity index (χ2v) is 7.08. The van der Waals surface area contributed by atoms with Gasteiger partial charge in [-0.25, -0.2) is 4.79 Å². The lowest BCUT2D eigenvalue weighted by Gasteiger charge is -2.18. The van der Waals surface area contributed by atoms with Crippen LogP contribution in [-0.4, -0.2) is 58.7 Å². The van der Waals surface area contributed by atoms with E-state index < -0.39 is 17.9 Å². The lowest BCUT2D eigenvalue weighted by Crippen LogP contribution is -2.48. The summed E-state index contributed by atoms with van der Waals surface area (Å²) in [4.78, 5) is 58.2. The highest BCUT2D eigenvalue weighted by Crippen LogP contribution is 2.07. The Morgan fingerprint density at radius 2 is 1.55 bits per heavy atom. The van der Waals surface area contributed by atoms with Crippen molar-refractivity contribution < 1.29 is 29.1 Å². The van der Waals surface area contributed by atoms with Crippen LogP contribution in [0.5, 0.6) is 0 Å². The molecule has 1 aliphatic rings. The van der Waals surface area contributed by atoms with Crippen molar-refractivity contribution in [2.45, 2.75) is 65.8 Å². The summed E-state index contributed by atoms with van der Waals surface area (Å²) in [6.07, 6.45) is 5.73. The predicted molar refractivity (Wildman–Crippen MR) is 108 cm³/mol. The van der Waals surface area contributed by atoms with Gasteiger partial charge in [0, 0.05) is 25.1 Å². The van der Waals surface area contributed by atoms with Gasteiger partial charge in [-0.2, -0.15) is 0 Å². The largest absolute Gasteiger partial charge is 0.480 e. The fourth-order valence-electron chi connectivity index (χ4n) is 2.39. The number of carboxylic acids is 1. The third-order valence-corrected chi connectivity index (χ3v) is 3.88. The zero-order valence-electron chi connectivity index (χ0n) is 17.7. The van der Waals surface area contributed by atoms with E-state index in [9.17, 15) is 24.0 Å². The third-order valence-electron chi connectivity index (χ3n) is 3.88. The fourth-order valence-corrected chi connectivity index (χ4v) is 2.39. The Hall–Kier alpha value is -2.71. The van der Waals surface area contributed by atoms with E-state index in [1.54, 1.807) is 13.8 Å². The standard InChI is InChI=1S/C17H25N3O6.C3H8/c1-11(2)16(17(25)26)19-13(22)10-18-12(21)6-4-3-5-9-20-14(23)7-8-15(20)24;1-3-2/h7-8,11,16H,3-6,9-10H2,1-2H3,(H,18,21)(H,19,22)(H,25,26);3H2,1-2H3.